The largest absolute Gasteiger partial charge is 0.350 e. The van der Waals surface area contributed by atoms with E-state index in [0.717, 1.165) is 11.1 Å². The lowest BCUT2D eigenvalue weighted by Gasteiger charge is -2.33. The minimum Gasteiger partial charge on any atom is -0.350 e. The van der Waals surface area contributed by atoms with Gasteiger partial charge in [-0.25, -0.2) is 4.39 Å². The molecule has 0 aliphatic heterocycles. The minimum atomic E-state index is -0.618. The monoisotopic (exact) mass is 432 g/mol. The lowest BCUT2D eigenvalue weighted by atomic mass is 10.0. The van der Waals surface area contributed by atoms with Crippen LogP contribution >= 0.6 is 11.6 Å². The van der Waals surface area contributed by atoms with Crippen LogP contribution < -0.4 is 5.32 Å². The van der Waals surface area contributed by atoms with E-state index in [9.17, 15) is 14.0 Å². The van der Waals surface area contributed by atoms with Crippen LogP contribution in [0.3, 0.4) is 0 Å². The predicted molar refractivity (Wildman–Crippen MR) is 119 cm³/mol. The first-order chi connectivity index (χ1) is 14.1. The third-order valence-corrected chi connectivity index (χ3v) is 5.09. The van der Waals surface area contributed by atoms with E-state index in [1.165, 1.54) is 12.1 Å². The number of rotatable bonds is 8. The molecule has 0 aromatic heterocycles. The number of amides is 2. The zero-order valence-corrected chi connectivity index (χ0v) is 18.8. The summed E-state index contributed by atoms with van der Waals surface area (Å²) in [5, 5.41) is 3.59. The first-order valence-electron chi connectivity index (χ1n) is 10.2. The van der Waals surface area contributed by atoms with Crippen LogP contribution in [0.15, 0.2) is 48.5 Å². The van der Waals surface area contributed by atoms with Crippen molar-refractivity contribution in [1.29, 1.82) is 0 Å². The van der Waals surface area contributed by atoms with Crippen LogP contribution in [-0.4, -0.2) is 28.3 Å². The Hall–Kier alpha value is -2.40. The Morgan fingerprint density at radius 1 is 1.10 bits per heavy atom. The first-order valence-corrected chi connectivity index (χ1v) is 10.6. The summed E-state index contributed by atoms with van der Waals surface area (Å²) >= 11 is 6.22. The van der Waals surface area contributed by atoms with Crippen LogP contribution in [0, 0.1) is 5.82 Å². The summed E-state index contributed by atoms with van der Waals surface area (Å²) < 4.78 is 13.3. The van der Waals surface area contributed by atoms with Gasteiger partial charge in [0.05, 0.1) is 0 Å². The van der Waals surface area contributed by atoms with Crippen molar-refractivity contribution in [3.8, 4) is 0 Å². The number of hydrogen-bond donors (Lipinski definition) is 1. The Balaban J connectivity index is 2.24. The highest BCUT2D eigenvalue weighted by Gasteiger charge is 2.30. The molecule has 1 atom stereocenters. The van der Waals surface area contributed by atoms with Crippen molar-refractivity contribution < 1.29 is 14.0 Å². The van der Waals surface area contributed by atoms with Crippen LogP contribution in [-0.2, 0) is 22.6 Å². The molecule has 0 radical (unpaired) electrons. The summed E-state index contributed by atoms with van der Waals surface area (Å²) in [6.45, 7) is 7.83. The van der Waals surface area contributed by atoms with Crippen LogP contribution in [0.5, 0.6) is 0 Å². The van der Waals surface area contributed by atoms with Crippen molar-refractivity contribution in [3.05, 3.63) is 70.5 Å². The molecule has 30 heavy (non-hydrogen) atoms. The van der Waals surface area contributed by atoms with Gasteiger partial charge in [-0.2, -0.15) is 0 Å². The fourth-order valence-electron chi connectivity index (χ4n) is 3.25. The average molecular weight is 433 g/mol. The topological polar surface area (TPSA) is 49.4 Å². The smallest absolute Gasteiger partial charge is 0.243 e. The fraction of sp³-hybridized carbons (Fsp3) is 0.417. The SMILES string of the molecule is CC[C@@H](C(=O)NC(C)(C)C)N(Cc1ccc(F)cc1)C(=O)CCc1ccccc1Cl. The Bertz CT molecular complexity index is 862. The molecule has 1 N–H and O–H groups in total. The van der Waals surface area contributed by atoms with Gasteiger partial charge in [0.2, 0.25) is 11.8 Å². The third kappa shape index (κ3) is 7.13. The lowest BCUT2D eigenvalue weighted by molar-refractivity contribution is -0.142. The zero-order valence-electron chi connectivity index (χ0n) is 18.0. The molecule has 0 saturated heterocycles. The van der Waals surface area contributed by atoms with Crippen molar-refractivity contribution in [3.63, 3.8) is 0 Å². The van der Waals surface area contributed by atoms with Crippen molar-refractivity contribution in [1.82, 2.24) is 10.2 Å². The molecule has 0 aliphatic rings. The number of hydrogen-bond acceptors (Lipinski definition) is 2. The van der Waals surface area contributed by atoms with E-state index >= 15 is 0 Å². The van der Waals surface area contributed by atoms with Crippen molar-refractivity contribution in [2.45, 2.75) is 65.1 Å². The van der Waals surface area contributed by atoms with Crippen molar-refractivity contribution in [2.24, 2.45) is 0 Å². The van der Waals surface area contributed by atoms with Gasteiger partial charge in [0.1, 0.15) is 11.9 Å². The van der Waals surface area contributed by atoms with E-state index in [-0.39, 0.29) is 30.6 Å². The second-order valence-corrected chi connectivity index (χ2v) is 8.81. The van der Waals surface area contributed by atoms with Gasteiger partial charge in [-0.1, -0.05) is 48.9 Å². The van der Waals surface area contributed by atoms with Gasteiger partial charge in [-0.15, -0.1) is 0 Å². The van der Waals surface area contributed by atoms with Gasteiger partial charge in [0.15, 0.2) is 0 Å². The van der Waals surface area contributed by atoms with E-state index in [1.54, 1.807) is 23.1 Å². The molecule has 0 spiro atoms. The zero-order chi connectivity index (χ0) is 22.3. The van der Waals surface area contributed by atoms with Crippen LogP contribution in [0.2, 0.25) is 5.02 Å². The molecular formula is C24H30ClFN2O2. The quantitative estimate of drug-likeness (QED) is 0.628. The summed E-state index contributed by atoms with van der Waals surface area (Å²) in [7, 11) is 0. The molecule has 6 heteroatoms. The van der Waals surface area contributed by atoms with Crippen LogP contribution in [0.1, 0.15) is 51.7 Å². The number of carbonyl (C=O) groups is 2. The lowest BCUT2D eigenvalue weighted by Crippen LogP contribution is -2.53. The third-order valence-electron chi connectivity index (χ3n) is 4.72. The highest BCUT2D eigenvalue weighted by molar-refractivity contribution is 6.31. The number of aryl methyl sites for hydroxylation is 1. The van der Waals surface area contributed by atoms with E-state index in [0.29, 0.717) is 17.9 Å². The Kier molecular flexibility index (Phi) is 8.42. The molecule has 2 aromatic rings. The van der Waals surface area contributed by atoms with Gasteiger partial charge in [0.25, 0.3) is 0 Å². The molecule has 0 heterocycles. The van der Waals surface area contributed by atoms with E-state index in [4.69, 9.17) is 11.6 Å². The minimum absolute atomic E-state index is 0.143. The number of nitrogens with one attached hydrogen (secondary N) is 1. The number of benzene rings is 2. The first kappa shape index (κ1) is 23.9. The van der Waals surface area contributed by atoms with Crippen molar-refractivity contribution in [2.75, 3.05) is 0 Å². The second kappa shape index (κ2) is 10.6. The molecular weight excluding hydrogens is 403 g/mol. The molecule has 0 bridgehead atoms. The normalized spacial score (nSPS) is 12.3. The molecule has 0 saturated carbocycles. The van der Waals surface area contributed by atoms with Crippen LogP contribution in [0.4, 0.5) is 4.39 Å². The summed E-state index contributed by atoms with van der Waals surface area (Å²) in [6.07, 6.45) is 1.18. The molecule has 0 fully saturated rings. The van der Waals surface area contributed by atoms with E-state index in [2.05, 4.69) is 5.32 Å². The van der Waals surface area contributed by atoms with Crippen LogP contribution in [0.25, 0.3) is 0 Å². The maximum absolute atomic E-state index is 13.3. The molecule has 162 valence electrons. The molecule has 4 nitrogen and oxygen atoms in total. The highest BCUT2D eigenvalue weighted by Crippen LogP contribution is 2.19. The van der Waals surface area contributed by atoms with E-state index < -0.39 is 11.6 Å². The van der Waals surface area contributed by atoms with Gasteiger partial charge in [0, 0.05) is 23.5 Å². The van der Waals surface area contributed by atoms with Gasteiger partial charge in [-0.3, -0.25) is 9.59 Å². The molecule has 2 amide bonds. The Labute approximate surface area is 183 Å². The maximum Gasteiger partial charge on any atom is 0.243 e. The molecule has 2 aromatic carbocycles. The summed E-state index contributed by atoms with van der Waals surface area (Å²) in [6, 6.07) is 12.8. The number of nitrogens with zero attached hydrogens (tertiary/aromatic N) is 1. The van der Waals surface area contributed by atoms with Crippen molar-refractivity contribution >= 4 is 23.4 Å². The maximum atomic E-state index is 13.3. The van der Waals surface area contributed by atoms with Gasteiger partial charge >= 0.3 is 0 Å². The predicted octanol–water partition coefficient (Wildman–Crippen LogP) is 5.13. The highest BCUT2D eigenvalue weighted by atomic mass is 35.5. The Morgan fingerprint density at radius 3 is 2.30 bits per heavy atom. The molecule has 0 unspecified atom stereocenters. The summed E-state index contributed by atoms with van der Waals surface area (Å²) in [5.74, 6) is -0.679. The molecule has 2 rings (SSSR count). The van der Waals surface area contributed by atoms with Gasteiger partial charge < -0.3 is 10.2 Å². The summed E-state index contributed by atoms with van der Waals surface area (Å²) in [5.41, 5.74) is 1.25. The Morgan fingerprint density at radius 2 is 1.73 bits per heavy atom. The fourth-order valence-corrected chi connectivity index (χ4v) is 3.48. The van der Waals surface area contributed by atoms with Gasteiger partial charge in [-0.05, 0) is 62.9 Å². The summed E-state index contributed by atoms with van der Waals surface area (Å²) in [4.78, 5) is 27.7. The molecule has 0 aliphatic carbocycles. The van der Waals surface area contributed by atoms with E-state index in [1.807, 2.05) is 45.9 Å². The standard InChI is InChI=1S/C24H30ClFN2O2/c1-5-21(23(30)27-24(2,3)4)28(16-17-10-13-19(26)14-11-17)22(29)15-12-18-8-6-7-9-20(18)25/h6-11,13-14,21H,5,12,15-16H2,1-4H3,(H,27,30)/t21-/m0/s1. The number of carbonyl (C=O) groups excluding carboxylic acids is 2. The second-order valence-electron chi connectivity index (χ2n) is 8.40. The average Bonchev–Trinajstić information content (AvgIpc) is 2.67. The number of halogens is 2.